The molecular formula is C29H35N5O4. The molecule has 200 valence electrons. The third kappa shape index (κ3) is 5.57. The highest BCUT2D eigenvalue weighted by Crippen LogP contribution is 2.41. The van der Waals surface area contributed by atoms with Crippen molar-refractivity contribution >= 4 is 17.6 Å². The van der Waals surface area contributed by atoms with Gasteiger partial charge in [-0.15, -0.1) is 0 Å². The van der Waals surface area contributed by atoms with Crippen molar-refractivity contribution < 1.29 is 19.4 Å². The maximum Gasteiger partial charge on any atom is 0.308 e. The lowest BCUT2D eigenvalue weighted by Crippen LogP contribution is -2.45. The lowest BCUT2D eigenvalue weighted by molar-refractivity contribution is -0.143. The van der Waals surface area contributed by atoms with Gasteiger partial charge in [-0.25, -0.2) is 0 Å². The van der Waals surface area contributed by atoms with Crippen LogP contribution in [0.1, 0.15) is 43.2 Å². The summed E-state index contributed by atoms with van der Waals surface area (Å²) in [7, 11) is 0. The molecule has 0 aliphatic carbocycles. The normalized spacial score (nSPS) is 20.7. The number of aryl methyl sites for hydroxylation is 1. The van der Waals surface area contributed by atoms with Gasteiger partial charge in [0.15, 0.2) is 0 Å². The fourth-order valence-corrected chi connectivity index (χ4v) is 5.81. The Bertz CT molecular complexity index is 1230. The third-order valence-corrected chi connectivity index (χ3v) is 7.72. The van der Waals surface area contributed by atoms with Gasteiger partial charge in [-0.3, -0.25) is 24.2 Å². The number of rotatable bonds is 11. The molecule has 2 aliphatic heterocycles. The van der Waals surface area contributed by atoms with Crippen molar-refractivity contribution in [2.45, 2.75) is 51.1 Å². The number of amides is 1. The van der Waals surface area contributed by atoms with E-state index in [1.807, 2.05) is 41.2 Å². The molecule has 0 bridgehead atoms. The molecule has 5 rings (SSSR count). The van der Waals surface area contributed by atoms with E-state index in [0.29, 0.717) is 32.7 Å². The smallest absolute Gasteiger partial charge is 0.308 e. The zero-order valence-electron chi connectivity index (χ0n) is 21.8. The van der Waals surface area contributed by atoms with Crippen LogP contribution in [0.15, 0.2) is 61.2 Å². The first-order valence-electron chi connectivity index (χ1n) is 13.5. The Hall–Kier alpha value is -3.72. The summed E-state index contributed by atoms with van der Waals surface area (Å²) in [5, 5.41) is 14.7. The number of hydrogen-bond donors (Lipinski definition) is 1. The predicted molar refractivity (Wildman–Crippen MR) is 143 cm³/mol. The first-order chi connectivity index (χ1) is 18.5. The van der Waals surface area contributed by atoms with Gasteiger partial charge in [0.05, 0.1) is 31.0 Å². The number of pyridine rings is 1. The number of fused-ring (bicyclic) bond motifs is 1. The summed E-state index contributed by atoms with van der Waals surface area (Å²) >= 11 is 0. The van der Waals surface area contributed by atoms with Crippen LogP contribution in [0.4, 0.5) is 5.69 Å². The van der Waals surface area contributed by atoms with Crippen LogP contribution in [0.3, 0.4) is 0 Å². The van der Waals surface area contributed by atoms with E-state index in [0.717, 1.165) is 41.8 Å². The number of aromatic nitrogens is 3. The van der Waals surface area contributed by atoms with Gasteiger partial charge in [0.2, 0.25) is 5.91 Å². The van der Waals surface area contributed by atoms with Gasteiger partial charge in [-0.2, -0.15) is 5.10 Å². The summed E-state index contributed by atoms with van der Waals surface area (Å²) < 4.78 is 7.50. The summed E-state index contributed by atoms with van der Waals surface area (Å²) in [5.74, 6) is -0.855. The number of unbranched alkanes of at least 4 members (excludes halogenated alkanes) is 1. The lowest BCUT2D eigenvalue weighted by atomic mass is 9.83. The number of carboxylic acid groups (broad SMARTS) is 1. The van der Waals surface area contributed by atoms with Crippen LogP contribution in [-0.4, -0.2) is 68.9 Å². The first kappa shape index (κ1) is 25.9. The van der Waals surface area contributed by atoms with Gasteiger partial charge in [0.1, 0.15) is 5.75 Å². The average molecular weight is 518 g/mol. The Morgan fingerprint density at radius 3 is 2.84 bits per heavy atom. The molecule has 0 radical (unpaired) electrons. The molecule has 9 nitrogen and oxygen atoms in total. The van der Waals surface area contributed by atoms with Crippen LogP contribution in [0.5, 0.6) is 5.75 Å². The van der Waals surface area contributed by atoms with Crippen molar-refractivity contribution in [3.63, 3.8) is 0 Å². The van der Waals surface area contributed by atoms with Crippen molar-refractivity contribution in [2.75, 3.05) is 31.1 Å². The summed E-state index contributed by atoms with van der Waals surface area (Å²) in [4.78, 5) is 34.6. The van der Waals surface area contributed by atoms with Gasteiger partial charge in [0, 0.05) is 56.6 Å². The second-order valence-electron chi connectivity index (χ2n) is 10.1. The summed E-state index contributed by atoms with van der Waals surface area (Å²) in [6, 6.07) is 11.3. The number of carboxylic acids is 1. The predicted octanol–water partition coefficient (Wildman–Crippen LogP) is 3.61. The van der Waals surface area contributed by atoms with Gasteiger partial charge in [-0.1, -0.05) is 25.5 Å². The maximum absolute atomic E-state index is 13.7. The zero-order valence-corrected chi connectivity index (χ0v) is 21.8. The van der Waals surface area contributed by atoms with Crippen molar-refractivity contribution in [2.24, 2.45) is 5.92 Å². The van der Waals surface area contributed by atoms with Crippen molar-refractivity contribution in [3.8, 4) is 5.75 Å². The van der Waals surface area contributed by atoms with Crippen molar-refractivity contribution in [3.05, 3.63) is 72.3 Å². The minimum Gasteiger partial charge on any atom is -0.493 e. The SMILES string of the molecule is CCCCN(C(=O)CN1C[C@H](c2ccc3c(c2)CCO3)[C@@H](C(=O)O)[C@@H]1CCn1cccn1)c1cccnc1. The van der Waals surface area contributed by atoms with Crippen LogP contribution in [0, 0.1) is 5.92 Å². The summed E-state index contributed by atoms with van der Waals surface area (Å²) in [5.41, 5.74) is 2.88. The van der Waals surface area contributed by atoms with Gasteiger partial charge in [0.25, 0.3) is 0 Å². The number of benzene rings is 1. The number of hydrogen-bond acceptors (Lipinski definition) is 6. The monoisotopic (exact) mass is 517 g/mol. The molecule has 0 unspecified atom stereocenters. The largest absolute Gasteiger partial charge is 0.493 e. The Morgan fingerprint density at radius 1 is 1.21 bits per heavy atom. The number of nitrogens with zero attached hydrogens (tertiary/aromatic N) is 5. The van der Waals surface area contributed by atoms with Gasteiger partial charge < -0.3 is 14.7 Å². The van der Waals surface area contributed by atoms with Crippen LogP contribution in [-0.2, 0) is 22.6 Å². The van der Waals surface area contributed by atoms with Crippen LogP contribution in [0.2, 0.25) is 0 Å². The fraction of sp³-hybridized carbons (Fsp3) is 0.448. The molecule has 0 saturated carbocycles. The van der Waals surface area contributed by atoms with E-state index in [1.165, 1.54) is 0 Å². The number of ether oxygens (including phenoxy) is 1. The number of anilines is 1. The van der Waals surface area contributed by atoms with E-state index in [2.05, 4.69) is 28.0 Å². The molecule has 3 aromatic rings. The minimum atomic E-state index is -0.831. The molecule has 1 amide bonds. The Balaban J connectivity index is 1.43. The topological polar surface area (TPSA) is 101 Å². The van der Waals surface area contributed by atoms with E-state index >= 15 is 0 Å². The molecule has 0 spiro atoms. The highest BCUT2D eigenvalue weighted by atomic mass is 16.5. The number of aliphatic carboxylic acids is 1. The summed E-state index contributed by atoms with van der Waals surface area (Å²) in [6.45, 7) is 4.59. The van der Waals surface area contributed by atoms with Crippen LogP contribution >= 0.6 is 0 Å². The molecule has 1 saturated heterocycles. The molecule has 38 heavy (non-hydrogen) atoms. The van der Waals surface area contributed by atoms with E-state index < -0.39 is 11.9 Å². The Kier molecular flexibility index (Phi) is 8.03. The molecule has 1 fully saturated rings. The fourth-order valence-electron chi connectivity index (χ4n) is 5.81. The standard InChI is InChI=1S/C29H35N5O4/c1-2-3-14-34(23-6-4-11-30-18-23)27(35)20-32-19-24(21-7-8-26-22(17-21)10-16-38-26)28(29(36)37)25(32)9-15-33-13-5-12-31-33/h4-8,11-13,17-18,24-25,28H,2-3,9-10,14-16,19-20H2,1H3,(H,36,37)/t24-,25+,28-/m1/s1. The maximum atomic E-state index is 13.7. The van der Waals surface area contributed by atoms with E-state index in [4.69, 9.17) is 4.74 Å². The van der Waals surface area contributed by atoms with Crippen molar-refractivity contribution in [1.29, 1.82) is 0 Å². The second-order valence-corrected chi connectivity index (χ2v) is 10.1. The zero-order chi connectivity index (χ0) is 26.5. The third-order valence-electron chi connectivity index (χ3n) is 7.72. The second kappa shape index (κ2) is 11.8. The van der Waals surface area contributed by atoms with Crippen LogP contribution < -0.4 is 9.64 Å². The first-order valence-corrected chi connectivity index (χ1v) is 13.5. The minimum absolute atomic E-state index is 0.0392. The van der Waals surface area contributed by atoms with Crippen molar-refractivity contribution in [1.82, 2.24) is 19.7 Å². The molecule has 3 atom stereocenters. The average Bonchev–Trinajstić information content (AvgIpc) is 3.68. The molecule has 9 heteroatoms. The summed E-state index contributed by atoms with van der Waals surface area (Å²) in [6.07, 6.45) is 10.3. The molecule has 1 aromatic carbocycles. The van der Waals surface area contributed by atoms with Gasteiger partial charge >= 0.3 is 5.97 Å². The highest BCUT2D eigenvalue weighted by molar-refractivity contribution is 5.94. The number of likely N-dealkylation sites (tertiary alicyclic amines) is 1. The lowest BCUT2D eigenvalue weighted by Gasteiger charge is -2.29. The molecular weight excluding hydrogens is 482 g/mol. The molecule has 2 aromatic heterocycles. The quantitative estimate of drug-likeness (QED) is 0.415. The number of carbonyl (C=O) groups is 2. The number of carbonyl (C=O) groups excluding carboxylic acids is 1. The Morgan fingerprint density at radius 2 is 2.11 bits per heavy atom. The molecule has 4 heterocycles. The molecule has 1 N–H and O–H groups in total. The van der Waals surface area contributed by atoms with E-state index in [-0.39, 0.29) is 24.4 Å². The van der Waals surface area contributed by atoms with E-state index in [9.17, 15) is 14.7 Å². The molecule has 2 aliphatic rings. The highest BCUT2D eigenvalue weighted by Gasteiger charge is 2.47. The Labute approximate surface area is 223 Å². The van der Waals surface area contributed by atoms with Gasteiger partial charge in [-0.05, 0) is 48.2 Å². The van der Waals surface area contributed by atoms with Crippen LogP contribution in [0.25, 0.3) is 0 Å². The van der Waals surface area contributed by atoms with E-state index in [1.54, 1.807) is 23.5 Å².